The van der Waals surface area contributed by atoms with Crippen molar-refractivity contribution in [3.05, 3.63) is 23.8 Å². The third kappa shape index (κ3) is 3.02. The average Bonchev–Trinajstić information content (AvgIpc) is 3.02. The lowest BCUT2D eigenvalue weighted by Gasteiger charge is -2.59. The number of Topliss-reactive ketones (excluding diaryl/α,β-unsaturated/α-hetero) is 1. The zero-order valence-corrected chi connectivity index (χ0v) is 19.4. The molecular weight excluding hydrogens is 392 g/mol. The topological polar surface area (TPSA) is 80.7 Å². The quantitative estimate of drug-likeness (QED) is 0.684. The minimum Gasteiger partial charge on any atom is -0.450 e. The molecule has 4 aliphatic rings. The molecular formula is C26H36O5. The molecule has 170 valence electrons. The Hall–Kier alpha value is -1.75. The molecule has 5 heteroatoms. The van der Waals surface area contributed by atoms with Crippen molar-refractivity contribution in [1.82, 2.24) is 0 Å². The van der Waals surface area contributed by atoms with Crippen molar-refractivity contribution in [3.8, 4) is 0 Å². The van der Waals surface area contributed by atoms with Gasteiger partial charge in [-0.1, -0.05) is 32.4 Å². The Morgan fingerprint density at radius 2 is 1.90 bits per heavy atom. The molecule has 0 heterocycles. The second-order valence-electron chi connectivity index (χ2n) is 11.0. The molecule has 0 aromatic heterocycles. The molecule has 0 saturated heterocycles. The van der Waals surface area contributed by atoms with Crippen LogP contribution < -0.4 is 0 Å². The molecule has 4 rings (SSSR count). The highest BCUT2D eigenvalue weighted by atomic mass is 16.6. The summed E-state index contributed by atoms with van der Waals surface area (Å²) in [4.78, 5) is 37.8. The van der Waals surface area contributed by atoms with Crippen LogP contribution in [0.1, 0.15) is 66.7 Å². The van der Waals surface area contributed by atoms with Crippen LogP contribution in [0.2, 0.25) is 0 Å². The molecule has 5 nitrogen and oxygen atoms in total. The Bertz CT molecular complexity index is 871. The summed E-state index contributed by atoms with van der Waals surface area (Å²) in [6, 6.07) is 0. The fourth-order valence-corrected chi connectivity index (χ4v) is 7.78. The van der Waals surface area contributed by atoms with Gasteiger partial charge in [0.1, 0.15) is 0 Å². The van der Waals surface area contributed by atoms with Gasteiger partial charge >= 0.3 is 5.97 Å². The smallest absolute Gasteiger partial charge is 0.312 e. The number of ether oxygens (including phenoxy) is 1. The van der Waals surface area contributed by atoms with Crippen molar-refractivity contribution in [2.75, 3.05) is 6.61 Å². The highest BCUT2D eigenvalue weighted by Gasteiger charge is 2.68. The number of fused-ring (bicyclic) bond motifs is 5. The first-order valence-electron chi connectivity index (χ1n) is 11.8. The number of allylic oxidation sites excluding steroid dienone is 4. The predicted octanol–water partition coefficient (Wildman–Crippen LogP) is 4.04. The van der Waals surface area contributed by atoms with Crippen LogP contribution >= 0.6 is 0 Å². The van der Waals surface area contributed by atoms with Gasteiger partial charge in [0.15, 0.2) is 17.2 Å². The summed E-state index contributed by atoms with van der Waals surface area (Å²) in [7, 11) is 0. The molecule has 0 aromatic carbocycles. The molecule has 0 spiro atoms. The highest BCUT2D eigenvalue weighted by Crippen LogP contribution is 2.68. The number of carbonyl (C=O) groups excluding carboxylic acids is 3. The van der Waals surface area contributed by atoms with Crippen LogP contribution in [0, 0.1) is 40.4 Å². The van der Waals surface area contributed by atoms with E-state index in [1.54, 1.807) is 19.9 Å². The van der Waals surface area contributed by atoms with Crippen molar-refractivity contribution < 1.29 is 24.2 Å². The van der Waals surface area contributed by atoms with Crippen LogP contribution in [-0.2, 0) is 19.1 Å². The van der Waals surface area contributed by atoms with Gasteiger partial charge in [-0.3, -0.25) is 14.4 Å². The highest BCUT2D eigenvalue weighted by molar-refractivity contribution is 6.01. The summed E-state index contributed by atoms with van der Waals surface area (Å²) in [6.45, 7) is 9.54. The van der Waals surface area contributed by atoms with Crippen LogP contribution in [0.4, 0.5) is 0 Å². The number of rotatable bonds is 4. The van der Waals surface area contributed by atoms with Gasteiger partial charge in [-0.15, -0.1) is 0 Å². The molecule has 0 aromatic rings. The zero-order chi connectivity index (χ0) is 22.8. The third-order valence-electron chi connectivity index (χ3n) is 9.52. The number of aliphatic hydroxyl groups excluding tert-OH is 1. The van der Waals surface area contributed by atoms with E-state index in [-0.39, 0.29) is 23.6 Å². The van der Waals surface area contributed by atoms with Crippen molar-refractivity contribution in [2.45, 2.75) is 72.3 Å². The lowest BCUT2D eigenvalue weighted by atomic mass is 9.45. The number of aliphatic hydroxyl groups is 1. The Morgan fingerprint density at radius 3 is 2.55 bits per heavy atom. The minimum atomic E-state index is -1.11. The fourth-order valence-electron chi connectivity index (χ4n) is 7.78. The van der Waals surface area contributed by atoms with E-state index in [4.69, 9.17) is 4.74 Å². The van der Waals surface area contributed by atoms with Gasteiger partial charge in [-0.2, -0.15) is 0 Å². The van der Waals surface area contributed by atoms with Crippen LogP contribution in [-0.4, -0.2) is 34.9 Å². The van der Waals surface area contributed by atoms with Crippen molar-refractivity contribution in [1.29, 1.82) is 0 Å². The lowest BCUT2D eigenvalue weighted by Crippen LogP contribution is -2.59. The monoisotopic (exact) mass is 428 g/mol. The van der Waals surface area contributed by atoms with E-state index in [9.17, 15) is 19.5 Å². The molecule has 0 amide bonds. The van der Waals surface area contributed by atoms with E-state index in [0.717, 1.165) is 25.7 Å². The number of carbonyl (C=O) groups is 3. The maximum atomic E-state index is 13.0. The summed E-state index contributed by atoms with van der Waals surface area (Å²) >= 11 is 0. The molecule has 0 aliphatic heterocycles. The molecule has 3 fully saturated rings. The zero-order valence-electron chi connectivity index (χ0n) is 19.4. The molecule has 8 atom stereocenters. The summed E-state index contributed by atoms with van der Waals surface area (Å²) in [5.74, 6) is 0.335. The van der Waals surface area contributed by atoms with Gasteiger partial charge in [0, 0.05) is 10.8 Å². The SMILES string of the molecule is CC(=O)[C@@]1(OC(=O)C(C)CO)CC[C@H]2[C@@H]3C[C@H](C)C4=CC(=O)C=C[C@]4(C)[C@H]3CC[C@@]21C. The van der Waals surface area contributed by atoms with Crippen LogP contribution in [0.3, 0.4) is 0 Å². The Kier molecular flexibility index (Phi) is 5.36. The molecule has 1 N–H and O–H groups in total. The van der Waals surface area contributed by atoms with Gasteiger partial charge < -0.3 is 9.84 Å². The van der Waals surface area contributed by atoms with Gasteiger partial charge in [0.2, 0.25) is 0 Å². The Labute approximate surface area is 185 Å². The van der Waals surface area contributed by atoms with E-state index >= 15 is 0 Å². The third-order valence-corrected chi connectivity index (χ3v) is 9.52. The molecule has 0 bridgehead atoms. The molecule has 3 saturated carbocycles. The van der Waals surface area contributed by atoms with E-state index in [0.29, 0.717) is 30.1 Å². The van der Waals surface area contributed by atoms with Crippen LogP contribution in [0.5, 0.6) is 0 Å². The Balaban J connectivity index is 1.70. The second kappa shape index (κ2) is 7.40. The van der Waals surface area contributed by atoms with E-state index in [1.807, 2.05) is 6.08 Å². The van der Waals surface area contributed by atoms with E-state index in [2.05, 4.69) is 26.8 Å². The van der Waals surface area contributed by atoms with Crippen molar-refractivity contribution >= 4 is 17.5 Å². The Morgan fingerprint density at radius 1 is 1.23 bits per heavy atom. The first kappa shape index (κ1) is 22.4. The average molecular weight is 429 g/mol. The summed E-state index contributed by atoms with van der Waals surface area (Å²) < 4.78 is 6.02. The van der Waals surface area contributed by atoms with Gasteiger partial charge in [0.25, 0.3) is 0 Å². The standard InChI is InChI=1S/C26H36O5/c1-15-12-19-20(24(4)9-6-18(29)13-22(15)24)7-10-25(5)21(19)8-11-26(25,17(3)28)31-23(30)16(2)14-27/h6,9,13,15-16,19-21,27H,7-8,10-12,14H2,1-5H3/t15-,16?,19+,20-,21-,24+,25-,26-/m0/s1. The van der Waals surface area contributed by atoms with Crippen LogP contribution in [0.25, 0.3) is 0 Å². The molecule has 31 heavy (non-hydrogen) atoms. The maximum Gasteiger partial charge on any atom is 0.312 e. The van der Waals surface area contributed by atoms with Gasteiger partial charge in [-0.25, -0.2) is 0 Å². The van der Waals surface area contributed by atoms with E-state index in [1.165, 1.54) is 5.57 Å². The lowest BCUT2D eigenvalue weighted by molar-refractivity contribution is -0.192. The van der Waals surface area contributed by atoms with Gasteiger partial charge in [0.05, 0.1) is 12.5 Å². The second-order valence-corrected chi connectivity index (χ2v) is 11.0. The number of hydrogen-bond acceptors (Lipinski definition) is 5. The number of hydrogen-bond donors (Lipinski definition) is 1. The maximum absolute atomic E-state index is 13.0. The van der Waals surface area contributed by atoms with Crippen LogP contribution in [0.15, 0.2) is 23.8 Å². The normalized spacial score (nSPS) is 44.6. The van der Waals surface area contributed by atoms with Crippen molar-refractivity contribution in [2.24, 2.45) is 40.4 Å². The van der Waals surface area contributed by atoms with E-state index < -0.39 is 22.9 Å². The largest absolute Gasteiger partial charge is 0.450 e. The first-order chi connectivity index (χ1) is 14.5. The summed E-state index contributed by atoms with van der Waals surface area (Å²) in [6.07, 6.45) is 9.87. The molecule has 1 unspecified atom stereocenters. The van der Waals surface area contributed by atoms with Gasteiger partial charge in [-0.05, 0) is 81.8 Å². The summed E-state index contributed by atoms with van der Waals surface area (Å²) in [5, 5.41) is 9.42. The number of esters is 1. The predicted molar refractivity (Wildman–Crippen MR) is 117 cm³/mol. The molecule has 0 radical (unpaired) electrons. The summed E-state index contributed by atoms with van der Waals surface area (Å²) in [5.41, 5.74) is -0.386. The molecule has 4 aliphatic carbocycles. The fraction of sp³-hybridized carbons (Fsp3) is 0.731. The first-order valence-corrected chi connectivity index (χ1v) is 11.8. The number of ketones is 2. The minimum absolute atomic E-state index is 0.0757. The van der Waals surface area contributed by atoms with Crippen molar-refractivity contribution in [3.63, 3.8) is 0 Å².